The Morgan fingerprint density at radius 3 is 1.79 bits per heavy atom. The number of carbonyl (C=O) groups excluding carboxylic acids is 2. The van der Waals surface area contributed by atoms with Crippen molar-refractivity contribution >= 4 is 12.3 Å². The fourth-order valence-electron chi connectivity index (χ4n) is 2.33. The fraction of sp³-hybridized carbons (Fsp3) is 0.667. The third-order valence-corrected chi connectivity index (χ3v) is 3.23. The molecule has 2 aliphatic rings. The van der Waals surface area contributed by atoms with Gasteiger partial charge >= 0.3 is 12.3 Å². The van der Waals surface area contributed by atoms with E-state index >= 15 is 0 Å². The van der Waals surface area contributed by atoms with Gasteiger partial charge in [0.25, 0.3) is 0 Å². The molecule has 0 amide bonds. The third kappa shape index (κ3) is 2.98. The summed E-state index contributed by atoms with van der Waals surface area (Å²) >= 11 is 0. The van der Waals surface area contributed by atoms with Crippen LogP contribution in [-0.2, 0) is 23.7 Å². The second-order valence-electron chi connectivity index (χ2n) is 4.23. The first-order chi connectivity index (χ1) is 9.15. The first-order valence-electron chi connectivity index (χ1n) is 5.94. The summed E-state index contributed by atoms with van der Waals surface area (Å²) in [7, 11) is 2.49. The standard InChI is InChI=1S/C12H16O7/c1-15-11(13)17-5-7-8(6-18-12(14)16-2)10-4-3-9(7)19-10/h9-10H,3-6H2,1-2H3/t9-,10+. The summed E-state index contributed by atoms with van der Waals surface area (Å²) in [6.45, 7) is 0.182. The molecule has 0 unspecified atom stereocenters. The van der Waals surface area contributed by atoms with E-state index in [1.54, 1.807) is 0 Å². The van der Waals surface area contributed by atoms with Gasteiger partial charge in [-0.3, -0.25) is 0 Å². The van der Waals surface area contributed by atoms with Crippen molar-refractivity contribution in [2.24, 2.45) is 0 Å². The van der Waals surface area contributed by atoms with Crippen LogP contribution >= 0.6 is 0 Å². The summed E-state index contributed by atoms with van der Waals surface area (Å²) in [6, 6.07) is 0. The third-order valence-electron chi connectivity index (χ3n) is 3.23. The van der Waals surface area contributed by atoms with Gasteiger partial charge < -0.3 is 23.7 Å². The smallest absolute Gasteiger partial charge is 0.438 e. The lowest BCUT2D eigenvalue weighted by atomic mass is 9.92. The van der Waals surface area contributed by atoms with Crippen LogP contribution in [0.15, 0.2) is 11.1 Å². The molecule has 0 aromatic heterocycles. The first-order valence-corrected chi connectivity index (χ1v) is 5.94. The van der Waals surface area contributed by atoms with E-state index < -0.39 is 12.3 Å². The highest BCUT2D eigenvalue weighted by molar-refractivity contribution is 5.60. The van der Waals surface area contributed by atoms with Crippen LogP contribution in [0.4, 0.5) is 9.59 Å². The maximum atomic E-state index is 11.0. The molecule has 0 saturated carbocycles. The predicted molar refractivity (Wildman–Crippen MR) is 61.6 cm³/mol. The molecule has 2 aliphatic heterocycles. The van der Waals surface area contributed by atoms with Gasteiger partial charge in [-0.15, -0.1) is 0 Å². The Kier molecular flexibility index (Phi) is 4.26. The van der Waals surface area contributed by atoms with E-state index in [0.29, 0.717) is 0 Å². The van der Waals surface area contributed by atoms with Gasteiger partial charge in [0.05, 0.1) is 26.4 Å². The molecule has 2 heterocycles. The molecule has 2 atom stereocenters. The van der Waals surface area contributed by atoms with Crippen molar-refractivity contribution < 1.29 is 33.3 Å². The van der Waals surface area contributed by atoms with E-state index in [2.05, 4.69) is 9.47 Å². The van der Waals surface area contributed by atoms with Crippen LogP contribution in [0.25, 0.3) is 0 Å². The molecule has 0 aromatic carbocycles. The van der Waals surface area contributed by atoms with E-state index in [-0.39, 0.29) is 25.4 Å². The highest BCUT2D eigenvalue weighted by atomic mass is 16.7. The number of ether oxygens (including phenoxy) is 5. The van der Waals surface area contributed by atoms with Crippen molar-refractivity contribution in [2.75, 3.05) is 27.4 Å². The molecule has 2 bridgehead atoms. The van der Waals surface area contributed by atoms with Crippen LogP contribution in [0.1, 0.15) is 12.8 Å². The molecule has 106 valence electrons. The Morgan fingerprint density at radius 1 is 1.00 bits per heavy atom. The van der Waals surface area contributed by atoms with Gasteiger partial charge in [0.1, 0.15) is 13.2 Å². The van der Waals surface area contributed by atoms with E-state index in [4.69, 9.17) is 14.2 Å². The van der Waals surface area contributed by atoms with Crippen molar-refractivity contribution in [3.05, 3.63) is 11.1 Å². The molecule has 7 nitrogen and oxygen atoms in total. The van der Waals surface area contributed by atoms with Crippen LogP contribution in [0.2, 0.25) is 0 Å². The summed E-state index contributed by atoms with van der Waals surface area (Å²) < 4.78 is 24.4. The molecular formula is C12H16O7. The van der Waals surface area contributed by atoms with Gasteiger partial charge in [0.2, 0.25) is 0 Å². The first kappa shape index (κ1) is 13.7. The maximum absolute atomic E-state index is 11.0. The average molecular weight is 272 g/mol. The van der Waals surface area contributed by atoms with E-state index in [0.717, 1.165) is 24.0 Å². The molecule has 0 spiro atoms. The van der Waals surface area contributed by atoms with Gasteiger partial charge in [-0.2, -0.15) is 0 Å². The molecule has 0 N–H and O–H groups in total. The summed E-state index contributed by atoms with van der Waals surface area (Å²) in [5.41, 5.74) is 1.70. The minimum Gasteiger partial charge on any atom is -0.438 e. The second kappa shape index (κ2) is 5.92. The van der Waals surface area contributed by atoms with Gasteiger partial charge in [0.15, 0.2) is 0 Å². The number of hydrogen-bond donors (Lipinski definition) is 0. The van der Waals surface area contributed by atoms with Crippen LogP contribution in [0.5, 0.6) is 0 Å². The maximum Gasteiger partial charge on any atom is 0.508 e. The minimum absolute atomic E-state index is 0.0640. The zero-order valence-corrected chi connectivity index (χ0v) is 10.8. The molecule has 0 aliphatic carbocycles. The minimum atomic E-state index is -0.747. The average Bonchev–Trinajstić information content (AvgIpc) is 3.02. The van der Waals surface area contributed by atoms with Crippen molar-refractivity contribution in [3.63, 3.8) is 0 Å². The van der Waals surface area contributed by atoms with Crippen molar-refractivity contribution in [1.82, 2.24) is 0 Å². The lowest BCUT2D eigenvalue weighted by Crippen LogP contribution is -2.20. The Labute approximate surface area is 110 Å². The van der Waals surface area contributed by atoms with Gasteiger partial charge in [-0.25, -0.2) is 9.59 Å². The van der Waals surface area contributed by atoms with Crippen molar-refractivity contribution in [2.45, 2.75) is 25.0 Å². The summed E-state index contributed by atoms with van der Waals surface area (Å²) in [6.07, 6.45) is 0.141. The Balaban J connectivity index is 1.99. The lowest BCUT2D eigenvalue weighted by Gasteiger charge is -2.16. The quantitative estimate of drug-likeness (QED) is 0.565. The van der Waals surface area contributed by atoms with Gasteiger partial charge in [0, 0.05) is 11.1 Å². The number of fused-ring (bicyclic) bond motifs is 2. The zero-order chi connectivity index (χ0) is 13.8. The predicted octanol–water partition coefficient (Wildman–Crippen LogP) is 1.41. The molecule has 1 saturated heterocycles. The van der Waals surface area contributed by atoms with Crippen molar-refractivity contribution in [1.29, 1.82) is 0 Å². The zero-order valence-electron chi connectivity index (χ0n) is 10.8. The normalized spacial score (nSPS) is 24.3. The second-order valence-corrected chi connectivity index (χ2v) is 4.23. The Hall–Kier alpha value is -1.76. The van der Waals surface area contributed by atoms with Gasteiger partial charge in [-0.05, 0) is 12.8 Å². The van der Waals surface area contributed by atoms with Crippen LogP contribution < -0.4 is 0 Å². The molecule has 19 heavy (non-hydrogen) atoms. The van der Waals surface area contributed by atoms with Gasteiger partial charge in [-0.1, -0.05) is 0 Å². The monoisotopic (exact) mass is 272 g/mol. The molecule has 2 rings (SSSR count). The van der Waals surface area contributed by atoms with E-state index in [1.165, 1.54) is 14.2 Å². The summed E-state index contributed by atoms with van der Waals surface area (Å²) in [4.78, 5) is 22.0. The Morgan fingerprint density at radius 2 is 1.42 bits per heavy atom. The summed E-state index contributed by atoms with van der Waals surface area (Å²) in [5, 5.41) is 0. The topological polar surface area (TPSA) is 80.3 Å². The van der Waals surface area contributed by atoms with Crippen LogP contribution in [0, 0.1) is 0 Å². The van der Waals surface area contributed by atoms with Crippen LogP contribution in [0.3, 0.4) is 0 Å². The fourth-order valence-corrected chi connectivity index (χ4v) is 2.33. The molecular weight excluding hydrogens is 256 g/mol. The van der Waals surface area contributed by atoms with E-state index in [1.807, 2.05) is 0 Å². The molecule has 7 heteroatoms. The molecule has 1 fully saturated rings. The van der Waals surface area contributed by atoms with Crippen molar-refractivity contribution in [3.8, 4) is 0 Å². The lowest BCUT2D eigenvalue weighted by molar-refractivity contribution is 0.0688. The van der Waals surface area contributed by atoms with Crippen LogP contribution in [-0.4, -0.2) is 52.0 Å². The summed E-state index contributed by atoms with van der Waals surface area (Å²) in [5.74, 6) is 0. The SMILES string of the molecule is COC(=O)OCC1=C(COC(=O)OC)[C@H]2CC[C@@H]1O2. The Bertz CT molecular complexity index is 365. The highest BCUT2D eigenvalue weighted by Gasteiger charge is 2.41. The van der Waals surface area contributed by atoms with E-state index in [9.17, 15) is 9.59 Å². The largest absolute Gasteiger partial charge is 0.508 e. The molecule has 0 radical (unpaired) electrons. The number of rotatable bonds is 4. The highest BCUT2D eigenvalue weighted by Crippen LogP contribution is 2.39. The molecule has 0 aromatic rings. The number of carbonyl (C=O) groups is 2. The number of methoxy groups -OCH3 is 2. The number of hydrogen-bond acceptors (Lipinski definition) is 7.